The normalized spacial score (nSPS) is 40.8. The van der Waals surface area contributed by atoms with Crippen molar-refractivity contribution in [3.8, 4) is 12.5 Å². The van der Waals surface area contributed by atoms with Crippen molar-refractivity contribution in [1.82, 2.24) is 0 Å². The Kier molecular flexibility index (Phi) is 2.89. The van der Waals surface area contributed by atoms with Crippen LogP contribution in [-0.2, 0) is 9.47 Å². The fourth-order valence-corrected chi connectivity index (χ4v) is 1.03. The van der Waals surface area contributed by atoms with E-state index in [1.165, 1.54) is 0 Å². The van der Waals surface area contributed by atoms with Crippen LogP contribution >= 0.6 is 0 Å². The van der Waals surface area contributed by atoms with Gasteiger partial charge in [-0.2, -0.15) is 0 Å². The molecule has 0 aromatic carbocycles. The lowest BCUT2D eigenvalue weighted by molar-refractivity contribution is -0.131. The number of ether oxygens (including phenoxy) is 2. The van der Waals surface area contributed by atoms with Crippen LogP contribution in [0.2, 0.25) is 0 Å². The Bertz CT molecular complexity index is 187. The van der Waals surface area contributed by atoms with Crippen LogP contribution in [0, 0.1) is 12.5 Å². The van der Waals surface area contributed by atoms with E-state index in [0.717, 1.165) is 0 Å². The molecule has 0 bridgehead atoms. The molecule has 3 N–H and O–H groups in total. The van der Waals surface area contributed by atoms with Crippen molar-refractivity contribution in [2.45, 2.75) is 24.6 Å². The van der Waals surface area contributed by atoms with Crippen LogP contribution in [0.15, 0.2) is 0 Å². The van der Waals surface area contributed by atoms with Crippen LogP contribution in [0.25, 0.3) is 0 Å². The monoisotopic (exact) mass is 174 g/mol. The van der Waals surface area contributed by atoms with Crippen molar-refractivity contribution in [1.29, 1.82) is 0 Å². The molecule has 0 radical (unpaired) electrons. The molecule has 1 rings (SSSR count). The van der Waals surface area contributed by atoms with Crippen molar-refractivity contribution < 1.29 is 24.8 Å². The maximum absolute atomic E-state index is 9.18. The van der Waals surface area contributed by atoms with Crippen LogP contribution < -0.4 is 0 Å². The molecule has 1 heterocycles. The molecule has 0 unspecified atom stereocenters. The van der Waals surface area contributed by atoms with E-state index in [9.17, 15) is 10.2 Å². The van der Waals surface area contributed by atoms with Gasteiger partial charge in [-0.3, -0.25) is 0 Å². The van der Waals surface area contributed by atoms with E-state index >= 15 is 0 Å². The summed E-state index contributed by atoms with van der Waals surface area (Å²) in [6.07, 6.45) is 2.37. The molecule has 1 saturated heterocycles. The molecule has 5 nitrogen and oxygen atoms in total. The molecule has 0 amide bonds. The summed E-state index contributed by atoms with van der Waals surface area (Å²) in [5.41, 5.74) is 0. The maximum Gasteiger partial charge on any atom is 0.239 e. The van der Waals surface area contributed by atoms with Crippen molar-refractivity contribution in [3.63, 3.8) is 0 Å². The van der Waals surface area contributed by atoms with E-state index in [0.29, 0.717) is 0 Å². The third-order valence-electron chi connectivity index (χ3n) is 1.68. The number of terminal acetylenes is 1. The molecule has 0 aromatic rings. The minimum atomic E-state index is -1.21. The molecule has 68 valence electrons. The zero-order valence-electron chi connectivity index (χ0n) is 6.25. The van der Waals surface area contributed by atoms with E-state index in [4.69, 9.17) is 16.3 Å². The van der Waals surface area contributed by atoms with Crippen LogP contribution in [0.3, 0.4) is 0 Å². The molecule has 4 atom stereocenters. The summed E-state index contributed by atoms with van der Waals surface area (Å²) in [5.74, 6) is 0. The molecule has 5 heteroatoms. The third-order valence-corrected chi connectivity index (χ3v) is 1.68. The number of hydrogen-bond acceptors (Lipinski definition) is 5. The van der Waals surface area contributed by atoms with Gasteiger partial charge >= 0.3 is 0 Å². The Hall–Kier alpha value is -0.800. The summed E-state index contributed by atoms with van der Waals surface area (Å²) in [6.45, 7) is -0.386. The van der Waals surface area contributed by atoms with Crippen LogP contribution in [0.1, 0.15) is 0 Å². The highest BCUT2D eigenvalue weighted by Crippen LogP contribution is 2.21. The first-order valence-electron chi connectivity index (χ1n) is 3.44. The number of rotatable bonds is 2. The highest BCUT2D eigenvalue weighted by molar-refractivity contribution is 4.88. The first-order chi connectivity index (χ1) is 5.70. The van der Waals surface area contributed by atoms with E-state index in [-0.39, 0.29) is 6.61 Å². The maximum atomic E-state index is 9.18. The predicted molar refractivity (Wildman–Crippen MR) is 37.7 cm³/mol. The molecule has 0 aliphatic carbocycles. The molecule has 1 aliphatic heterocycles. The van der Waals surface area contributed by atoms with Gasteiger partial charge in [-0.1, -0.05) is 6.42 Å². The molecule has 1 fully saturated rings. The Morgan fingerprint density at radius 3 is 2.50 bits per heavy atom. The number of aliphatic hydroxyl groups excluding tert-OH is 3. The molecular formula is C7H10O5. The van der Waals surface area contributed by atoms with Crippen molar-refractivity contribution in [2.24, 2.45) is 0 Å². The summed E-state index contributed by atoms with van der Waals surface area (Å²) < 4.78 is 9.36. The van der Waals surface area contributed by atoms with Crippen molar-refractivity contribution in [3.05, 3.63) is 0 Å². The summed E-state index contributed by atoms with van der Waals surface area (Å²) in [4.78, 5) is 0. The molecule has 1 aliphatic rings. The minimum Gasteiger partial charge on any atom is -0.412 e. The van der Waals surface area contributed by atoms with Gasteiger partial charge in [0.25, 0.3) is 0 Å². The van der Waals surface area contributed by atoms with Gasteiger partial charge in [-0.05, 0) is 0 Å². The topological polar surface area (TPSA) is 79.2 Å². The smallest absolute Gasteiger partial charge is 0.239 e. The van der Waals surface area contributed by atoms with E-state index in [2.05, 4.69) is 4.74 Å². The Balaban J connectivity index is 2.55. The van der Waals surface area contributed by atoms with Crippen molar-refractivity contribution in [2.75, 3.05) is 6.61 Å². The molecule has 0 aromatic heterocycles. The van der Waals surface area contributed by atoms with E-state index < -0.39 is 24.6 Å². The lowest BCUT2D eigenvalue weighted by atomic mass is 10.1. The lowest BCUT2D eigenvalue weighted by Crippen LogP contribution is -2.34. The Morgan fingerprint density at radius 1 is 1.42 bits per heavy atom. The van der Waals surface area contributed by atoms with Gasteiger partial charge in [0, 0.05) is 0 Å². The van der Waals surface area contributed by atoms with Gasteiger partial charge in [-0.25, -0.2) is 0 Å². The van der Waals surface area contributed by atoms with Gasteiger partial charge in [0.2, 0.25) is 6.29 Å². The van der Waals surface area contributed by atoms with Gasteiger partial charge in [0.05, 0.1) is 6.61 Å². The molecule has 0 saturated carbocycles. The quantitative estimate of drug-likeness (QED) is 0.423. The minimum absolute atomic E-state index is 0.386. The first-order valence-corrected chi connectivity index (χ1v) is 3.44. The summed E-state index contributed by atoms with van der Waals surface area (Å²) in [6, 6.07) is 0. The Labute approximate surface area is 69.5 Å². The van der Waals surface area contributed by atoms with Crippen LogP contribution in [0.5, 0.6) is 0 Å². The number of aliphatic hydroxyl groups is 3. The molecule has 12 heavy (non-hydrogen) atoms. The number of hydrogen-bond donors (Lipinski definition) is 3. The van der Waals surface area contributed by atoms with Crippen LogP contribution in [-0.4, -0.2) is 46.5 Å². The second-order valence-corrected chi connectivity index (χ2v) is 2.44. The zero-order chi connectivity index (χ0) is 9.14. The third kappa shape index (κ3) is 1.52. The SMILES string of the molecule is C#CO[C@H]1O[C@H](CO)[C@@H](O)[C@H]1O. The molecular weight excluding hydrogens is 164 g/mol. The fraction of sp³-hybridized carbons (Fsp3) is 0.714. The predicted octanol–water partition coefficient (Wildman–Crippen LogP) is -1.97. The average molecular weight is 174 g/mol. The highest BCUT2D eigenvalue weighted by atomic mass is 16.7. The van der Waals surface area contributed by atoms with Gasteiger partial charge in [0.1, 0.15) is 24.4 Å². The Morgan fingerprint density at radius 2 is 2.08 bits per heavy atom. The largest absolute Gasteiger partial charge is 0.412 e. The fourth-order valence-electron chi connectivity index (χ4n) is 1.03. The lowest BCUT2D eigenvalue weighted by Gasteiger charge is -2.10. The van der Waals surface area contributed by atoms with E-state index in [1.54, 1.807) is 0 Å². The van der Waals surface area contributed by atoms with E-state index in [1.807, 2.05) is 6.11 Å². The standard InChI is InChI=1S/C7H10O5/c1-2-11-7-6(10)5(9)4(3-8)12-7/h1,4-10H,3H2/t4-,5-,6-,7+/m1/s1. The van der Waals surface area contributed by atoms with Gasteiger partial charge in [0.15, 0.2) is 0 Å². The van der Waals surface area contributed by atoms with Crippen LogP contribution in [0.4, 0.5) is 0 Å². The van der Waals surface area contributed by atoms with Gasteiger partial charge < -0.3 is 24.8 Å². The van der Waals surface area contributed by atoms with Gasteiger partial charge in [-0.15, -0.1) is 0 Å². The summed E-state index contributed by atoms with van der Waals surface area (Å²) >= 11 is 0. The molecule has 0 spiro atoms. The zero-order valence-corrected chi connectivity index (χ0v) is 6.25. The van der Waals surface area contributed by atoms with Crippen molar-refractivity contribution >= 4 is 0 Å². The summed E-state index contributed by atoms with van der Waals surface area (Å²) in [7, 11) is 0. The second kappa shape index (κ2) is 3.74. The average Bonchev–Trinajstić information content (AvgIpc) is 2.33. The second-order valence-electron chi connectivity index (χ2n) is 2.44. The first kappa shape index (κ1) is 9.29. The highest BCUT2D eigenvalue weighted by Gasteiger charge is 2.43. The summed E-state index contributed by atoms with van der Waals surface area (Å²) in [5, 5.41) is 27.0.